The standard InChI is InChI=1S/C14H20N4O2S/c1-8(2)11-7-12(17-16-11)18-21(19,20)14-10(4)6-5-9(3)13(14)15/h5-8H,15H2,1-4H3,(H2,16,17,18). The van der Waals surface area contributed by atoms with Crippen molar-refractivity contribution in [2.45, 2.75) is 38.5 Å². The van der Waals surface area contributed by atoms with E-state index in [1.54, 1.807) is 32.0 Å². The lowest BCUT2D eigenvalue weighted by atomic mass is 10.1. The van der Waals surface area contributed by atoms with Crippen molar-refractivity contribution in [2.24, 2.45) is 0 Å². The molecular weight excluding hydrogens is 288 g/mol. The molecule has 0 unspecified atom stereocenters. The van der Waals surface area contributed by atoms with E-state index in [2.05, 4.69) is 14.9 Å². The predicted octanol–water partition coefficient (Wildman–Crippen LogP) is 2.53. The Morgan fingerprint density at radius 2 is 1.86 bits per heavy atom. The highest BCUT2D eigenvalue weighted by Gasteiger charge is 2.22. The van der Waals surface area contributed by atoms with Crippen LogP contribution in [0.25, 0.3) is 0 Å². The summed E-state index contributed by atoms with van der Waals surface area (Å²) in [6.07, 6.45) is 0. The lowest BCUT2D eigenvalue weighted by Gasteiger charge is -2.12. The highest BCUT2D eigenvalue weighted by molar-refractivity contribution is 7.93. The van der Waals surface area contributed by atoms with Gasteiger partial charge in [-0.15, -0.1) is 0 Å². The number of anilines is 2. The number of nitrogens with one attached hydrogen (secondary N) is 2. The molecule has 0 spiro atoms. The number of sulfonamides is 1. The molecule has 114 valence electrons. The zero-order chi connectivity index (χ0) is 15.8. The second-order valence-electron chi connectivity index (χ2n) is 5.41. The van der Waals surface area contributed by atoms with Gasteiger partial charge in [-0.3, -0.25) is 9.82 Å². The molecule has 0 aliphatic rings. The summed E-state index contributed by atoms with van der Waals surface area (Å²) in [5, 5.41) is 6.79. The Kier molecular flexibility index (Phi) is 3.95. The van der Waals surface area contributed by atoms with Gasteiger partial charge in [-0.05, 0) is 30.9 Å². The van der Waals surface area contributed by atoms with Crippen LogP contribution in [0.2, 0.25) is 0 Å². The van der Waals surface area contributed by atoms with E-state index in [1.165, 1.54) is 0 Å². The summed E-state index contributed by atoms with van der Waals surface area (Å²) >= 11 is 0. The monoisotopic (exact) mass is 308 g/mol. The molecule has 4 N–H and O–H groups in total. The van der Waals surface area contributed by atoms with Gasteiger partial charge in [-0.25, -0.2) is 8.42 Å². The second kappa shape index (κ2) is 5.40. The van der Waals surface area contributed by atoms with Crippen LogP contribution in [0.5, 0.6) is 0 Å². The van der Waals surface area contributed by atoms with Crippen molar-refractivity contribution < 1.29 is 8.42 Å². The Labute approximate surface area is 124 Å². The first-order chi connectivity index (χ1) is 9.72. The zero-order valence-corrected chi connectivity index (χ0v) is 13.4. The fourth-order valence-electron chi connectivity index (χ4n) is 2.04. The maximum atomic E-state index is 12.5. The van der Waals surface area contributed by atoms with Crippen LogP contribution < -0.4 is 10.5 Å². The van der Waals surface area contributed by atoms with Gasteiger partial charge in [0.1, 0.15) is 4.90 Å². The number of hydrogen-bond donors (Lipinski definition) is 3. The number of nitrogens with two attached hydrogens (primary N) is 1. The van der Waals surface area contributed by atoms with Crippen LogP contribution in [0.1, 0.15) is 36.6 Å². The van der Waals surface area contributed by atoms with Crippen LogP contribution >= 0.6 is 0 Å². The van der Waals surface area contributed by atoms with Crippen molar-refractivity contribution in [3.05, 3.63) is 35.0 Å². The van der Waals surface area contributed by atoms with Crippen molar-refractivity contribution in [3.8, 4) is 0 Å². The van der Waals surface area contributed by atoms with Gasteiger partial charge in [0, 0.05) is 11.8 Å². The van der Waals surface area contributed by atoms with E-state index in [4.69, 9.17) is 5.73 Å². The lowest BCUT2D eigenvalue weighted by Crippen LogP contribution is -2.17. The van der Waals surface area contributed by atoms with Gasteiger partial charge in [-0.1, -0.05) is 26.0 Å². The van der Waals surface area contributed by atoms with Crippen molar-refractivity contribution in [1.29, 1.82) is 0 Å². The Hall–Kier alpha value is -2.02. The van der Waals surface area contributed by atoms with E-state index >= 15 is 0 Å². The molecular formula is C14H20N4O2S. The summed E-state index contributed by atoms with van der Waals surface area (Å²) in [6.45, 7) is 7.48. The maximum absolute atomic E-state index is 12.5. The molecule has 6 nitrogen and oxygen atoms in total. The van der Waals surface area contributed by atoms with Crippen LogP contribution in [0.3, 0.4) is 0 Å². The minimum atomic E-state index is -3.77. The van der Waals surface area contributed by atoms with Gasteiger partial charge in [-0.2, -0.15) is 5.10 Å². The molecule has 0 saturated heterocycles. The quantitative estimate of drug-likeness (QED) is 0.755. The molecule has 0 atom stereocenters. The fraction of sp³-hybridized carbons (Fsp3) is 0.357. The molecule has 0 saturated carbocycles. The smallest absolute Gasteiger partial charge is 0.265 e. The summed E-state index contributed by atoms with van der Waals surface area (Å²) in [7, 11) is -3.77. The number of rotatable bonds is 4. The largest absolute Gasteiger partial charge is 0.397 e. The normalized spacial score (nSPS) is 11.9. The Morgan fingerprint density at radius 1 is 1.24 bits per heavy atom. The summed E-state index contributed by atoms with van der Waals surface area (Å²) < 4.78 is 27.5. The topological polar surface area (TPSA) is 101 Å². The number of aromatic amines is 1. The van der Waals surface area contributed by atoms with Gasteiger partial charge < -0.3 is 5.73 Å². The first-order valence-corrected chi connectivity index (χ1v) is 8.14. The number of aromatic nitrogens is 2. The molecule has 0 fully saturated rings. The molecule has 0 aliphatic heterocycles. The highest BCUT2D eigenvalue weighted by atomic mass is 32.2. The Balaban J connectivity index is 2.41. The molecule has 0 amide bonds. The number of hydrogen-bond acceptors (Lipinski definition) is 4. The van der Waals surface area contributed by atoms with E-state index in [0.29, 0.717) is 5.56 Å². The number of benzene rings is 1. The summed E-state index contributed by atoms with van der Waals surface area (Å²) in [4.78, 5) is 0.108. The molecule has 0 bridgehead atoms. The summed E-state index contributed by atoms with van der Waals surface area (Å²) in [5.41, 5.74) is 8.39. The van der Waals surface area contributed by atoms with Crippen molar-refractivity contribution in [1.82, 2.24) is 10.2 Å². The minimum absolute atomic E-state index is 0.108. The van der Waals surface area contributed by atoms with Crippen LogP contribution in [0.15, 0.2) is 23.1 Å². The third-order valence-corrected chi connectivity index (χ3v) is 4.90. The predicted molar refractivity (Wildman–Crippen MR) is 83.8 cm³/mol. The molecule has 2 rings (SSSR count). The van der Waals surface area contributed by atoms with E-state index in [-0.39, 0.29) is 22.3 Å². The van der Waals surface area contributed by atoms with E-state index < -0.39 is 10.0 Å². The van der Waals surface area contributed by atoms with E-state index in [0.717, 1.165) is 11.3 Å². The van der Waals surface area contributed by atoms with E-state index in [1.807, 2.05) is 13.8 Å². The lowest BCUT2D eigenvalue weighted by molar-refractivity contribution is 0.600. The number of nitrogen functional groups attached to an aromatic ring is 1. The van der Waals surface area contributed by atoms with Crippen LogP contribution in [-0.4, -0.2) is 18.6 Å². The third kappa shape index (κ3) is 3.02. The Bertz CT molecular complexity index is 763. The van der Waals surface area contributed by atoms with Gasteiger partial charge in [0.2, 0.25) is 0 Å². The second-order valence-corrected chi connectivity index (χ2v) is 7.03. The molecule has 2 aromatic rings. The van der Waals surface area contributed by atoms with Crippen LogP contribution in [-0.2, 0) is 10.0 Å². The molecule has 1 aromatic heterocycles. The SMILES string of the molecule is Cc1ccc(C)c(S(=O)(=O)Nc2cc(C(C)C)[nH]n2)c1N. The maximum Gasteiger partial charge on any atom is 0.265 e. The first kappa shape index (κ1) is 15.4. The van der Waals surface area contributed by atoms with Crippen LogP contribution in [0, 0.1) is 13.8 Å². The van der Waals surface area contributed by atoms with Gasteiger partial charge in [0.05, 0.1) is 5.69 Å². The fourth-order valence-corrected chi connectivity index (χ4v) is 3.46. The molecule has 7 heteroatoms. The summed E-state index contributed by atoms with van der Waals surface area (Å²) in [5.74, 6) is 0.500. The third-order valence-electron chi connectivity index (χ3n) is 3.34. The molecule has 1 aromatic carbocycles. The highest BCUT2D eigenvalue weighted by Crippen LogP contribution is 2.27. The molecule has 1 heterocycles. The van der Waals surface area contributed by atoms with Crippen molar-refractivity contribution in [3.63, 3.8) is 0 Å². The Morgan fingerprint density at radius 3 is 2.43 bits per heavy atom. The molecule has 0 radical (unpaired) electrons. The van der Waals surface area contributed by atoms with Gasteiger partial charge in [0.25, 0.3) is 10.0 Å². The zero-order valence-electron chi connectivity index (χ0n) is 12.6. The summed E-state index contributed by atoms with van der Waals surface area (Å²) in [6, 6.07) is 5.23. The van der Waals surface area contributed by atoms with Crippen molar-refractivity contribution >= 4 is 21.5 Å². The van der Waals surface area contributed by atoms with E-state index in [9.17, 15) is 8.42 Å². The molecule has 21 heavy (non-hydrogen) atoms. The average Bonchev–Trinajstić information content (AvgIpc) is 2.82. The van der Waals surface area contributed by atoms with Gasteiger partial charge in [0.15, 0.2) is 5.82 Å². The number of nitrogens with zero attached hydrogens (tertiary/aromatic N) is 1. The number of aryl methyl sites for hydroxylation is 2. The first-order valence-electron chi connectivity index (χ1n) is 6.66. The van der Waals surface area contributed by atoms with Crippen molar-refractivity contribution in [2.75, 3.05) is 10.5 Å². The number of H-pyrrole nitrogens is 1. The average molecular weight is 308 g/mol. The minimum Gasteiger partial charge on any atom is -0.397 e. The molecule has 0 aliphatic carbocycles. The van der Waals surface area contributed by atoms with Gasteiger partial charge >= 0.3 is 0 Å². The van der Waals surface area contributed by atoms with Crippen LogP contribution in [0.4, 0.5) is 11.5 Å².